The second-order valence-corrected chi connectivity index (χ2v) is 3.88. The molecule has 0 fully saturated rings. The zero-order valence-electron chi connectivity index (χ0n) is 10.5. The van der Waals surface area contributed by atoms with E-state index in [2.05, 4.69) is 5.32 Å². The largest absolute Gasteiger partial charge is 0.496 e. The Kier molecular flexibility index (Phi) is 5.17. The first-order valence-electron chi connectivity index (χ1n) is 5.72. The van der Waals surface area contributed by atoms with Crippen LogP contribution in [0.25, 0.3) is 0 Å². The van der Waals surface area contributed by atoms with Crippen LogP contribution in [0.5, 0.6) is 5.75 Å². The second kappa shape index (κ2) is 6.64. The maximum atomic E-state index is 10.5. The van der Waals surface area contributed by atoms with Crippen LogP contribution in [0, 0.1) is 0 Å². The van der Waals surface area contributed by atoms with Gasteiger partial charge in [0.1, 0.15) is 12.2 Å². The molecule has 1 rings (SSSR count). The van der Waals surface area contributed by atoms with Crippen LogP contribution in [0.15, 0.2) is 18.2 Å². The van der Waals surface area contributed by atoms with Gasteiger partial charge in [-0.05, 0) is 23.6 Å². The Labute approximate surface area is 106 Å². The molecular formula is C13H18NO4+. The van der Waals surface area contributed by atoms with Gasteiger partial charge < -0.3 is 20.0 Å². The summed E-state index contributed by atoms with van der Waals surface area (Å²) in [5.41, 5.74) is 1.82. The Morgan fingerprint density at radius 2 is 2.33 bits per heavy atom. The zero-order valence-corrected chi connectivity index (χ0v) is 10.5. The number of carboxylic acids is 1. The number of aliphatic hydroxyl groups excluding tert-OH is 1. The van der Waals surface area contributed by atoms with Gasteiger partial charge in [-0.25, -0.2) is 0 Å². The minimum Gasteiger partial charge on any atom is -0.496 e. The number of hydrogen-bond donors (Lipinski definition) is 2. The van der Waals surface area contributed by atoms with Gasteiger partial charge in [0.15, 0.2) is 0 Å². The molecule has 1 atom stereocenters. The normalized spacial score (nSPS) is 11.7. The van der Waals surface area contributed by atoms with Crippen molar-refractivity contribution in [2.75, 3.05) is 7.11 Å². The molecule has 0 saturated carbocycles. The minimum absolute atomic E-state index is 0.0482. The van der Waals surface area contributed by atoms with E-state index in [0.717, 1.165) is 23.3 Å². The lowest BCUT2D eigenvalue weighted by Gasteiger charge is -2.15. The van der Waals surface area contributed by atoms with Gasteiger partial charge in [0, 0.05) is 0 Å². The first kappa shape index (κ1) is 14.0. The van der Waals surface area contributed by atoms with Gasteiger partial charge in [-0.2, -0.15) is 0 Å². The van der Waals surface area contributed by atoms with Crippen LogP contribution in [0.2, 0.25) is 0 Å². The van der Waals surface area contributed by atoms with E-state index in [0.29, 0.717) is 6.41 Å². The molecule has 98 valence electrons. The van der Waals surface area contributed by atoms with Gasteiger partial charge >= 0.3 is 5.97 Å². The number of nitrogens with one attached hydrogen (secondary N) is 1. The van der Waals surface area contributed by atoms with Crippen LogP contribution in [0.3, 0.4) is 0 Å². The SMILES string of the molecule is CCc1ccc([C@H](CC(O)=[OH+])NC=O)cc1OC. The summed E-state index contributed by atoms with van der Waals surface area (Å²) in [6, 6.07) is 5.06. The van der Waals surface area contributed by atoms with Crippen molar-refractivity contribution in [1.29, 1.82) is 0 Å². The first-order chi connectivity index (χ1) is 8.62. The Morgan fingerprint density at radius 3 is 2.83 bits per heavy atom. The molecule has 0 heterocycles. The van der Waals surface area contributed by atoms with Crippen molar-refractivity contribution in [2.24, 2.45) is 0 Å². The summed E-state index contributed by atoms with van der Waals surface area (Å²) in [6.07, 6.45) is 1.33. The van der Waals surface area contributed by atoms with Gasteiger partial charge in [-0.1, -0.05) is 19.1 Å². The smallest absolute Gasteiger partial charge is 0.482 e. The molecule has 0 aliphatic carbocycles. The molecule has 18 heavy (non-hydrogen) atoms. The van der Waals surface area contributed by atoms with Gasteiger partial charge in [0.05, 0.1) is 13.2 Å². The highest BCUT2D eigenvalue weighted by atomic mass is 16.5. The zero-order chi connectivity index (χ0) is 13.5. The predicted molar refractivity (Wildman–Crippen MR) is 68.5 cm³/mol. The average Bonchev–Trinajstić information content (AvgIpc) is 2.37. The maximum absolute atomic E-state index is 10.5. The van der Waals surface area contributed by atoms with Crippen molar-refractivity contribution in [3.8, 4) is 5.75 Å². The number of carboxylic acid groups (broad SMARTS) is 1. The molecule has 0 aromatic heterocycles. The van der Waals surface area contributed by atoms with E-state index in [4.69, 9.17) is 14.6 Å². The van der Waals surface area contributed by atoms with Crippen molar-refractivity contribution in [3.63, 3.8) is 0 Å². The minimum atomic E-state index is -0.715. The van der Waals surface area contributed by atoms with Crippen molar-refractivity contribution in [2.45, 2.75) is 25.8 Å². The van der Waals surface area contributed by atoms with Gasteiger partial charge in [0.2, 0.25) is 6.41 Å². The molecule has 0 aliphatic rings. The van der Waals surface area contributed by atoms with E-state index < -0.39 is 12.0 Å². The number of carbonyl (C=O) groups excluding carboxylic acids is 1. The lowest BCUT2D eigenvalue weighted by molar-refractivity contribution is -0.110. The van der Waals surface area contributed by atoms with Crippen LogP contribution in [0.4, 0.5) is 0 Å². The molecule has 0 aliphatic heterocycles. The highest BCUT2D eigenvalue weighted by Gasteiger charge is 2.19. The van der Waals surface area contributed by atoms with Gasteiger partial charge in [-0.15, -0.1) is 0 Å². The van der Waals surface area contributed by atoms with Crippen molar-refractivity contribution in [3.05, 3.63) is 29.3 Å². The van der Waals surface area contributed by atoms with Gasteiger partial charge in [0.25, 0.3) is 0 Å². The summed E-state index contributed by atoms with van der Waals surface area (Å²) in [4.78, 5) is 19.5. The third kappa shape index (κ3) is 3.48. The van der Waals surface area contributed by atoms with E-state index in [-0.39, 0.29) is 6.42 Å². The van der Waals surface area contributed by atoms with E-state index in [1.54, 1.807) is 13.2 Å². The summed E-state index contributed by atoms with van der Waals surface area (Å²) in [5, 5.41) is 11.5. The molecule has 0 bridgehead atoms. The molecule has 5 nitrogen and oxygen atoms in total. The molecular weight excluding hydrogens is 234 g/mol. The molecule has 0 saturated heterocycles. The highest BCUT2D eigenvalue weighted by molar-refractivity contribution is 5.70. The first-order valence-corrected chi connectivity index (χ1v) is 5.72. The number of aliphatic carboxylic acids is 1. The molecule has 0 radical (unpaired) electrons. The number of methoxy groups -OCH3 is 1. The summed E-state index contributed by atoms with van der Waals surface area (Å²) in [6.45, 7) is 2.02. The monoisotopic (exact) mass is 252 g/mol. The number of benzene rings is 1. The van der Waals surface area contributed by atoms with Crippen LogP contribution >= 0.6 is 0 Å². The fourth-order valence-corrected chi connectivity index (χ4v) is 1.81. The predicted octanol–water partition coefficient (Wildman–Crippen LogP) is 1.50. The quantitative estimate of drug-likeness (QED) is 0.570. The number of carbonyl (C=O) groups is 1. The lowest BCUT2D eigenvalue weighted by atomic mass is 10.0. The van der Waals surface area contributed by atoms with Crippen LogP contribution in [0.1, 0.15) is 30.5 Å². The van der Waals surface area contributed by atoms with E-state index >= 15 is 0 Å². The summed E-state index contributed by atoms with van der Waals surface area (Å²) < 4.78 is 5.26. The van der Waals surface area contributed by atoms with E-state index in [9.17, 15) is 4.79 Å². The van der Waals surface area contributed by atoms with Crippen molar-refractivity contribution < 1.29 is 19.4 Å². The van der Waals surface area contributed by atoms with E-state index in [1.165, 1.54) is 0 Å². The summed E-state index contributed by atoms with van der Waals surface area (Å²) in [5.74, 6) is 0.0120. The third-order valence-electron chi connectivity index (χ3n) is 2.75. The lowest BCUT2D eigenvalue weighted by Crippen LogP contribution is -2.22. The standard InChI is InChI=1S/C13H17NO4/c1-3-9-4-5-10(6-12(9)18-2)11(14-8-15)7-13(16)17/h4-6,8,11H,3,7H2,1-2H3,(H,14,15)(H,16,17)/p+1/t11-/m0/s1. The average molecular weight is 252 g/mol. The Morgan fingerprint density at radius 1 is 1.61 bits per heavy atom. The Bertz CT molecular complexity index is 431. The van der Waals surface area contributed by atoms with Crippen LogP contribution < -0.4 is 10.1 Å². The third-order valence-corrected chi connectivity index (χ3v) is 2.75. The molecule has 0 spiro atoms. The van der Waals surface area contributed by atoms with Crippen molar-refractivity contribution in [1.82, 2.24) is 5.32 Å². The maximum Gasteiger partial charge on any atom is 0.482 e. The van der Waals surface area contributed by atoms with Crippen molar-refractivity contribution >= 4 is 12.4 Å². The Balaban J connectivity index is 3.04. The van der Waals surface area contributed by atoms with Gasteiger partial charge in [-0.3, -0.25) is 4.79 Å². The summed E-state index contributed by atoms with van der Waals surface area (Å²) in [7, 11) is 1.58. The fraction of sp³-hybridized carbons (Fsp3) is 0.385. The number of aryl methyl sites for hydroxylation is 1. The number of rotatable bonds is 7. The number of hydrogen-bond acceptors (Lipinski definition) is 2. The molecule has 3 N–H and O–H groups in total. The fourth-order valence-electron chi connectivity index (χ4n) is 1.81. The summed E-state index contributed by atoms with van der Waals surface area (Å²) >= 11 is 0. The molecule has 5 heteroatoms. The Hall–Kier alpha value is -2.04. The molecule has 1 aromatic rings. The van der Waals surface area contributed by atoms with E-state index in [1.807, 2.05) is 19.1 Å². The molecule has 1 amide bonds. The number of amides is 1. The van der Waals surface area contributed by atoms with Crippen LogP contribution in [-0.4, -0.2) is 29.4 Å². The molecule has 1 aromatic carbocycles. The highest BCUT2D eigenvalue weighted by Crippen LogP contribution is 2.25. The topological polar surface area (TPSA) is 80.0 Å². The molecule has 0 unspecified atom stereocenters. The van der Waals surface area contributed by atoms with Crippen LogP contribution in [-0.2, 0) is 11.2 Å². The number of ether oxygens (including phenoxy) is 1. The second-order valence-electron chi connectivity index (χ2n) is 3.88.